The molecule has 1 aromatic heterocycles. The van der Waals surface area contributed by atoms with Crippen LogP contribution < -0.4 is 4.90 Å². The van der Waals surface area contributed by atoms with E-state index in [-0.39, 0.29) is 5.41 Å². The van der Waals surface area contributed by atoms with E-state index in [1.807, 2.05) is 6.07 Å². The maximum absolute atomic E-state index is 6.53. The van der Waals surface area contributed by atoms with Gasteiger partial charge in [-0.15, -0.1) is 0 Å². The van der Waals surface area contributed by atoms with Gasteiger partial charge >= 0.3 is 0 Å². The van der Waals surface area contributed by atoms with Crippen molar-refractivity contribution in [2.45, 2.75) is 25.2 Å². The van der Waals surface area contributed by atoms with Crippen LogP contribution in [0.3, 0.4) is 0 Å². The number of furan rings is 1. The second-order valence-corrected chi connectivity index (χ2v) is 15.3. The van der Waals surface area contributed by atoms with E-state index >= 15 is 0 Å². The number of para-hydroxylation sites is 2. The average molecular weight is 680 g/mol. The van der Waals surface area contributed by atoms with Crippen LogP contribution in [0.25, 0.3) is 65.4 Å². The molecule has 2 aliphatic rings. The van der Waals surface area contributed by atoms with Crippen LogP contribution in [0.15, 0.2) is 186 Å². The van der Waals surface area contributed by atoms with Gasteiger partial charge in [-0.25, -0.2) is 0 Å². The predicted molar refractivity (Wildman–Crippen MR) is 223 cm³/mol. The zero-order chi connectivity index (χ0) is 35.3. The normalized spacial score (nSPS) is 17.4. The van der Waals surface area contributed by atoms with E-state index < -0.39 is 0 Å². The van der Waals surface area contributed by atoms with E-state index in [0.717, 1.165) is 44.4 Å². The summed E-state index contributed by atoms with van der Waals surface area (Å²) >= 11 is 0. The zero-order valence-electron chi connectivity index (χ0n) is 29.8. The second kappa shape index (κ2) is 11.3. The van der Waals surface area contributed by atoms with Gasteiger partial charge in [0.15, 0.2) is 0 Å². The number of anilines is 2. The molecule has 11 rings (SSSR count). The van der Waals surface area contributed by atoms with Crippen LogP contribution in [0.2, 0.25) is 0 Å². The van der Waals surface area contributed by atoms with E-state index in [4.69, 9.17) is 4.42 Å². The lowest BCUT2D eigenvalue weighted by Gasteiger charge is -2.34. The summed E-state index contributed by atoms with van der Waals surface area (Å²) in [5.41, 5.74) is 10.4. The first-order valence-corrected chi connectivity index (χ1v) is 18.7. The van der Waals surface area contributed by atoms with Crippen molar-refractivity contribution < 1.29 is 4.42 Å². The summed E-state index contributed by atoms with van der Waals surface area (Å²) in [6, 6.07) is 57.5. The number of rotatable bonds is 4. The molecule has 0 aliphatic heterocycles. The molecule has 0 radical (unpaired) electrons. The van der Waals surface area contributed by atoms with Gasteiger partial charge in [-0.2, -0.15) is 0 Å². The number of allylic oxidation sites excluding steroid dienone is 3. The van der Waals surface area contributed by atoms with Crippen LogP contribution in [-0.2, 0) is 5.41 Å². The van der Waals surface area contributed by atoms with Gasteiger partial charge in [-0.1, -0.05) is 153 Å². The lowest BCUT2D eigenvalue weighted by molar-refractivity contribution is 0.393. The summed E-state index contributed by atoms with van der Waals surface area (Å²) in [5, 5.41) is 9.94. The summed E-state index contributed by atoms with van der Waals surface area (Å²) in [6.07, 6.45) is 7.35. The highest BCUT2D eigenvalue weighted by atomic mass is 16.3. The van der Waals surface area contributed by atoms with Crippen molar-refractivity contribution in [2.75, 3.05) is 4.90 Å². The van der Waals surface area contributed by atoms with Gasteiger partial charge in [0.25, 0.3) is 0 Å². The summed E-state index contributed by atoms with van der Waals surface area (Å²) in [7, 11) is 0. The van der Waals surface area contributed by atoms with Crippen molar-refractivity contribution in [1.29, 1.82) is 0 Å². The number of hydrogen-bond acceptors (Lipinski definition) is 2. The molecule has 2 heteroatoms. The van der Waals surface area contributed by atoms with Crippen molar-refractivity contribution in [3.05, 3.63) is 193 Å². The topological polar surface area (TPSA) is 16.4 Å². The van der Waals surface area contributed by atoms with Crippen molar-refractivity contribution in [3.8, 4) is 11.1 Å². The molecule has 9 aromatic rings. The standard InChI is InChI=1S/C51H37NO/c1-51(2)47-23-9-7-19-42(47)46-31-35(26-28-48(46)51)52(34-25-27-41-39-17-4-3-15-37(39)38-16-5-6-18-40(38)45(41)30-34)33-14-11-13-32(29-33)36-21-12-22-44-43-20-8-10-24-49(43)53-50(36)44/h3-31,46,48H,1-2H3. The zero-order valence-corrected chi connectivity index (χ0v) is 29.8. The molecule has 0 amide bonds. The molecule has 2 atom stereocenters. The lowest BCUT2D eigenvalue weighted by atomic mass is 9.74. The van der Waals surface area contributed by atoms with Crippen LogP contribution in [0.1, 0.15) is 30.9 Å². The van der Waals surface area contributed by atoms with Gasteiger partial charge in [0.2, 0.25) is 0 Å². The van der Waals surface area contributed by atoms with Crippen LogP contribution in [0, 0.1) is 5.92 Å². The highest BCUT2D eigenvalue weighted by Gasteiger charge is 2.45. The first-order chi connectivity index (χ1) is 26.0. The number of fused-ring (bicyclic) bond motifs is 12. The van der Waals surface area contributed by atoms with E-state index in [9.17, 15) is 0 Å². The van der Waals surface area contributed by atoms with Gasteiger partial charge in [-0.3, -0.25) is 0 Å². The molecule has 0 N–H and O–H groups in total. The number of benzene rings is 8. The fraction of sp³-hybridized carbons (Fsp3) is 0.0980. The highest BCUT2D eigenvalue weighted by molar-refractivity contribution is 6.25. The second-order valence-electron chi connectivity index (χ2n) is 15.3. The molecule has 2 aliphatic carbocycles. The molecule has 2 unspecified atom stereocenters. The van der Waals surface area contributed by atoms with Crippen molar-refractivity contribution in [3.63, 3.8) is 0 Å². The summed E-state index contributed by atoms with van der Waals surface area (Å²) < 4.78 is 6.53. The Morgan fingerprint density at radius 1 is 0.528 bits per heavy atom. The predicted octanol–water partition coefficient (Wildman–Crippen LogP) is 14.0. The van der Waals surface area contributed by atoms with E-state index in [1.54, 1.807) is 0 Å². The van der Waals surface area contributed by atoms with Gasteiger partial charge in [0.1, 0.15) is 11.2 Å². The molecule has 2 nitrogen and oxygen atoms in total. The molecule has 0 spiro atoms. The minimum Gasteiger partial charge on any atom is -0.455 e. The van der Waals surface area contributed by atoms with Crippen LogP contribution >= 0.6 is 0 Å². The molecular weight excluding hydrogens is 643 g/mol. The minimum atomic E-state index is 0.0543. The third kappa shape index (κ3) is 4.45. The Kier molecular flexibility index (Phi) is 6.46. The Bertz CT molecular complexity index is 2980. The fourth-order valence-corrected chi connectivity index (χ4v) is 9.61. The van der Waals surface area contributed by atoms with Gasteiger partial charge in [-0.05, 0) is 96.7 Å². The third-order valence-electron chi connectivity index (χ3n) is 12.1. The molecule has 0 saturated carbocycles. The van der Waals surface area contributed by atoms with Gasteiger partial charge in [0.05, 0.1) is 0 Å². The van der Waals surface area contributed by atoms with Crippen molar-refractivity contribution >= 4 is 65.6 Å². The summed E-state index contributed by atoms with van der Waals surface area (Å²) in [4.78, 5) is 2.46. The quantitative estimate of drug-likeness (QED) is 0.172. The first kappa shape index (κ1) is 30.3. The van der Waals surface area contributed by atoms with Gasteiger partial charge in [0, 0.05) is 39.3 Å². The van der Waals surface area contributed by atoms with Crippen molar-refractivity contribution in [1.82, 2.24) is 0 Å². The maximum atomic E-state index is 6.53. The molecule has 0 saturated heterocycles. The molecule has 0 fully saturated rings. The molecule has 1 heterocycles. The maximum Gasteiger partial charge on any atom is 0.143 e. The van der Waals surface area contributed by atoms with E-state index in [1.165, 1.54) is 49.1 Å². The number of hydrogen-bond donors (Lipinski definition) is 0. The lowest BCUT2D eigenvalue weighted by Crippen LogP contribution is -2.27. The van der Waals surface area contributed by atoms with Gasteiger partial charge < -0.3 is 9.32 Å². The van der Waals surface area contributed by atoms with Crippen LogP contribution in [-0.4, -0.2) is 0 Å². The summed E-state index contributed by atoms with van der Waals surface area (Å²) in [5.74, 6) is 0.691. The molecular formula is C51H37NO. The molecule has 53 heavy (non-hydrogen) atoms. The van der Waals surface area contributed by atoms with Crippen LogP contribution in [0.5, 0.6) is 0 Å². The number of nitrogens with zero attached hydrogens (tertiary/aromatic N) is 1. The Morgan fingerprint density at radius 2 is 1.15 bits per heavy atom. The third-order valence-corrected chi connectivity index (χ3v) is 12.1. The molecule has 8 aromatic carbocycles. The fourth-order valence-electron chi connectivity index (χ4n) is 9.61. The largest absolute Gasteiger partial charge is 0.455 e. The van der Waals surface area contributed by atoms with E-state index in [0.29, 0.717) is 11.8 Å². The Morgan fingerprint density at radius 3 is 1.94 bits per heavy atom. The Hall–Kier alpha value is -6.38. The SMILES string of the molecule is CC1(C)c2ccccc2C2C=C(N(c3cccc(-c4cccc5c4oc4ccccc45)c3)c3ccc4c5ccccc5c5ccccc5c4c3)C=CC21. The smallest absolute Gasteiger partial charge is 0.143 e. The van der Waals surface area contributed by atoms with Crippen LogP contribution in [0.4, 0.5) is 11.4 Å². The minimum absolute atomic E-state index is 0.0543. The highest BCUT2D eigenvalue weighted by Crippen LogP contribution is 2.54. The Labute approximate surface area is 308 Å². The first-order valence-electron chi connectivity index (χ1n) is 18.7. The average Bonchev–Trinajstić information content (AvgIpc) is 3.70. The van der Waals surface area contributed by atoms with E-state index in [2.05, 4.69) is 189 Å². The monoisotopic (exact) mass is 679 g/mol. The molecule has 0 bridgehead atoms. The van der Waals surface area contributed by atoms with Crippen molar-refractivity contribution in [2.24, 2.45) is 5.92 Å². The summed E-state index contributed by atoms with van der Waals surface area (Å²) in [6.45, 7) is 4.80. The molecule has 252 valence electrons. The Balaban J connectivity index is 1.14.